The summed E-state index contributed by atoms with van der Waals surface area (Å²) in [5, 5.41) is 0. The van der Waals surface area contributed by atoms with Gasteiger partial charge in [-0.3, -0.25) is 0 Å². The molecule has 0 amide bonds. The van der Waals surface area contributed by atoms with Gasteiger partial charge in [-0.25, -0.2) is 0 Å². The minimum absolute atomic E-state index is 0.530. The molecule has 0 radical (unpaired) electrons. The number of rotatable bonds is 11. The molecule has 0 heterocycles. The lowest BCUT2D eigenvalue weighted by atomic mass is 10.3. The van der Waals surface area contributed by atoms with Crippen LogP contribution < -0.4 is 0 Å². The predicted molar refractivity (Wildman–Crippen MR) is 90.2 cm³/mol. The van der Waals surface area contributed by atoms with E-state index in [4.69, 9.17) is 13.3 Å². The number of hydrogen-bond acceptors (Lipinski definition) is 4. The molecular weight excluding hydrogens is 292 g/mol. The summed E-state index contributed by atoms with van der Waals surface area (Å²) in [5.74, 6) is 1.25. The van der Waals surface area contributed by atoms with Gasteiger partial charge in [-0.05, 0) is 5.92 Å². The third kappa shape index (κ3) is 6.31. The molecule has 0 aromatic rings. The first-order valence-electron chi connectivity index (χ1n) is 7.31. The Morgan fingerprint density at radius 2 is 1.42 bits per heavy atom. The second-order valence-electron chi connectivity index (χ2n) is 5.34. The van der Waals surface area contributed by atoms with Crippen molar-refractivity contribution in [3.63, 3.8) is 0 Å². The van der Waals surface area contributed by atoms with Gasteiger partial charge in [0.05, 0.1) is 5.94 Å². The van der Waals surface area contributed by atoms with Crippen LogP contribution in [0.3, 0.4) is 0 Å². The molecule has 6 heteroatoms. The van der Waals surface area contributed by atoms with Crippen molar-refractivity contribution in [1.82, 2.24) is 0 Å². The quantitative estimate of drug-likeness (QED) is 0.410. The molecule has 0 unspecified atom stereocenters. The Morgan fingerprint density at radius 1 is 0.947 bits per heavy atom. The van der Waals surface area contributed by atoms with E-state index in [0.29, 0.717) is 5.92 Å². The lowest BCUT2D eigenvalue weighted by Gasteiger charge is -2.31. The third-order valence-corrected chi connectivity index (χ3v) is 16.7. The molecular formula is C13H32O3SSi2. The summed E-state index contributed by atoms with van der Waals surface area (Å²) in [6.45, 7) is 11.3. The molecule has 0 rings (SSSR count). The van der Waals surface area contributed by atoms with Crippen LogP contribution in [0.2, 0.25) is 24.2 Å². The highest BCUT2D eigenvalue weighted by atomic mass is 32.4. The van der Waals surface area contributed by atoms with Gasteiger partial charge < -0.3 is 13.3 Å². The van der Waals surface area contributed by atoms with Crippen LogP contribution in [0.15, 0.2) is 0 Å². The molecule has 0 spiro atoms. The van der Waals surface area contributed by atoms with E-state index in [1.165, 1.54) is 18.1 Å². The van der Waals surface area contributed by atoms with Crippen LogP contribution in [0.4, 0.5) is 0 Å². The van der Waals surface area contributed by atoms with E-state index in [1.807, 2.05) is 11.2 Å². The van der Waals surface area contributed by atoms with Gasteiger partial charge in [-0.15, -0.1) is 0 Å². The minimum Gasteiger partial charge on any atom is -0.377 e. The fourth-order valence-corrected chi connectivity index (χ4v) is 10.5. The van der Waals surface area contributed by atoms with E-state index < -0.39 is 16.0 Å². The largest absolute Gasteiger partial charge is 0.501 e. The summed E-state index contributed by atoms with van der Waals surface area (Å²) in [5.41, 5.74) is 0. The lowest BCUT2D eigenvalue weighted by Crippen LogP contribution is -2.45. The Labute approximate surface area is 125 Å². The lowest BCUT2D eigenvalue weighted by molar-refractivity contribution is 0.114. The van der Waals surface area contributed by atoms with Crippen molar-refractivity contribution >= 4 is 27.2 Å². The summed E-state index contributed by atoms with van der Waals surface area (Å²) in [6, 6.07) is 4.83. The second-order valence-corrected chi connectivity index (χ2v) is 16.7. The molecule has 0 saturated carbocycles. The molecule has 0 N–H and O–H groups in total. The first-order chi connectivity index (χ1) is 8.93. The van der Waals surface area contributed by atoms with E-state index in [0.717, 1.165) is 12.0 Å². The first-order valence-corrected chi connectivity index (χ1v) is 13.6. The van der Waals surface area contributed by atoms with E-state index in [1.54, 1.807) is 14.2 Å². The van der Waals surface area contributed by atoms with E-state index in [9.17, 15) is 0 Å². The maximum atomic E-state index is 6.09. The van der Waals surface area contributed by atoms with Gasteiger partial charge in [0.1, 0.15) is 7.22 Å². The highest BCUT2D eigenvalue weighted by Crippen LogP contribution is 2.33. The van der Waals surface area contributed by atoms with E-state index >= 15 is 0 Å². The molecule has 0 bridgehead atoms. The van der Waals surface area contributed by atoms with Crippen LogP contribution in [0.25, 0.3) is 0 Å². The van der Waals surface area contributed by atoms with Crippen LogP contribution in [0.1, 0.15) is 34.6 Å². The Kier molecular flexibility index (Phi) is 9.91. The smallest absolute Gasteiger partial charge is 0.377 e. The van der Waals surface area contributed by atoms with Crippen molar-refractivity contribution < 1.29 is 13.3 Å². The summed E-state index contributed by atoms with van der Waals surface area (Å²) in [4.78, 5) is 0. The van der Waals surface area contributed by atoms with Crippen molar-refractivity contribution in [2.24, 2.45) is 5.92 Å². The fourth-order valence-electron chi connectivity index (χ4n) is 2.23. The van der Waals surface area contributed by atoms with Crippen LogP contribution in [0.5, 0.6) is 0 Å². The Morgan fingerprint density at radius 3 is 1.74 bits per heavy atom. The van der Waals surface area contributed by atoms with E-state index in [2.05, 4.69) is 34.6 Å². The Bertz CT molecular complexity index is 224. The van der Waals surface area contributed by atoms with Crippen LogP contribution in [0, 0.1) is 5.92 Å². The molecule has 0 aliphatic rings. The molecule has 0 aromatic carbocycles. The Hall–Kier alpha value is 0.664. The zero-order valence-electron chi connectivity index (χ0n) is 13.7. The normalized spacial score (nSPS) is 13.3. The van der Waals surface area contributed by atoms with Crippen molar-refractivity contribution in [2.45, 2.75) is 58.8 Å². The van der Waals surface area contributed by atoms with E-state index in [-0.39, 0.29) is 0 Å². The van der Waals surface area contributed by atoms with Gasteiger partial charge in [0.2, 0.25) is 0 Å². The SMILES string of the molecule is CC[Si](CC)(CC)SCO[Si](CC(C)C)(OC)OC. The molecule has 0 aromatic heterocycles. The predicted octanol–water partition coefficient (Wildman–Crippen LogP) is 4.59. The summed E-state index contributed by atoms with van der Waals surface area (Å²) >= 11 is 2.05. The van der Waals surface area contributed by atoms with Gasteiger partial charge in [0.15, 0.2) is 0 Å². The monoisotopic (exact) mass is 324 g/mol. The highest BCUT2D eigenvalue weighted by molar-refractivity contribution is 8.28. The minimum atomic E-state index is -2.44. The zero-order valence-corrected chi connectivity index (χ0v) is 16.6. The van der Waals surface area contributed by atoms with Gasteiger partial charge in [-0.2, -0.15) is 11.2 Å². The van der Waals surface area contributed by atoms with Gasteiger partial charge >= 0.3 is 8.80 Å². The molecule has 19 heavy (non-hydrogen) atoms. The third-order valence-electron chi connectivity index (χ3n) is 3.86. The summed E-state index contributed by atoms with van der Waals surface area (Å²) in [6.07, 6.45) is 0. The molecule has 116 valence electrons. The van der Waals surface area contributed by atoms with Crippen molar-refractivity contribution in [2.75, 3.05) is 20.2 Å². The molecule has 0 fully saturated rings. The molecule has 0 atom stereocenters. The standard InChI is InChI=1S/C13H32O3SSi2/c1-8-18(9-2,10-3)17-12-16-19(14-6,15-7)11-13(4)5/h13H,8-12H2,1-7H3. The maximum absolute atomic E-state index is 6.09. The van der Waals surface area contributed by atoms with Crippen LogP contribution in [-0.4, -0.2) is 36.2 Å². The Balaban J connectivity index is 4.48. The average molecular weight is 325 g/mol. The first kappa shape index (κ1) is 19.7. The van der Waals surface area contributed by atoms with Gasteiger partial charge in [0, 0.05) is 20.3 Å². The van der Waals surface area contributed by atoms with Crippen molar-refractivity contribution in [3.8, 4) is 0 Å². The molecule has 0 saturated heterocycles. The summed E-state index contributed by atoms with van der Waals surface area (Å²) in [7, 11) is -0.193. The van der Waals surface area contributed by atoms with Gasteiger partial charge in [-0.1, -0.05) is 52.8 Å². The highest BCUT2D eigenvalue weighted by Gasteiger charge is 2.40. The average Bonchev–Trinajstić information content (AvgIpc) is 2.42. The molecule has 3 nitrogen and oxygen atoms in total. The topological polar surface area (TPSA) is 27.7 Å². The second kappa shape index (κ2) is 9.57. The van der Waals surface area contributed by atoms with Gasteiger partial charge in [0.25, 0.3) is 0 Å². The summed E-state index contributed by atoms with van der Waals surface area (Å²) < 4.78 is 17.3. The van der Waals surface area contributed by atoms with Crippen molar-refractivity contribution in [1.29, 1.82) is 0 Å². The van der Waals surface area contributed by atoms with Crippen molar-refractivity contribution in [3.05, 3.63) is 0 Å². The maximum Gasteiger partial charge on any atom is 0.501 e. The van der Waals surface area contributed by atoms with Crippen LogP contribution >= 0.6 is 11.2 Å². The molecule has 0 aliphatic carbocycles. The molecule has 0 aliphatic heterocycles. The fraction of sp³-hybridized carbons (Fsp3) is 1.00. The van der Waals surface area contributed by atoms with Crippen LogP contribution in [-0.2, 0) is 13.3 Å². The number of hydrogen-bond donors (Lipinski definition) is 0. The zero-order chi connectivity index (χ0) is 14.9.